The highest BCUT2D eigenvalue weighted by Crippen LogP contribution is 2.39. The number of aliphatic hydroxyl groups is 1. The minimum absolute atomic E-state index is 0.416. The third kappa shape index (κ3) is 2.85. The van der Waals surface area contributed by atoms with E-state index in [9.17, 15) is 5.11 Å². The summed E-state index contributed by atoms with van der Waals surface area (Å²) < 4.78 is 10.5. The van der Waals surface area contributed by atoms with Crippen LogP contribution in [0.2, 0.25) is 10.0 Å². The first-order valence-corrected chi connectivity index (χ1v) is 6.68. The number of halogens is 2. The second-order valence-electron chi connectivity index (χ2n) is 4.14. The minimum Gasteiger partial charge on any atom is -0.496 e. The van der Waals surface area contributed by atoms with E-state index in [0.29, 0.717) is 32.7 Å². The molecule has 0 aliphatic heterocycles. The van der Waals surface area contributed by atoms with Crippen LogP contribution in [0.25, 0.3) is 0 Å². The molecule has 0 saturated carbocycles. The number of ether oxygens (including phenoxy) is 2. The van der Waals surface area contributed by atoms with Gasteiger partial charge in [0.05, 0.1) is 19.2 Å². The largest absolute Gasteiger partial charge is 0.496 e. The molecule has 5 heteroatoms. The zero-order valence-electron chi connectivity index (χ0n) is 11.1. The summed E-state index contributed by atoms with van der Waals surface area (Å²) >= 11 is 12.2. The Morgan fingerprint density at radius 3 is 2.35 bits per heavy atom. The molecule has 0 bridgehead atoms. The lowest BCUT2D eigenvalue weighted by atomic mass is 9.99. The Bertz CT molecular complexity index is 614. The lowest BCUT2D eigenvalue weighted by Crippen LogP contribution is -2.05. The van der Waals surface area contributed by atoms with E-state index < -0.39 is 6.10 Å². The predicted molar refractivity (Wildman–Crippen MR) is 80.1 cm³/mol. The van der Waals surface area contributed by atoms with Crippen molar-refractivity contribution >= 4 is 23.2 Å². The van der Waals surface area contributed by atoms with Crippen LogP contribution < -0.4 is 9.47 Å². The van der Waals surface area contributed by atoms with Crippen molar-refractivity contribution in [2.75, 3.05) is 14.2 Å². The summed E-state index contributed by atoms with van der Waals surface area (Å²) in [6.45, 7) is 0. The Labute approximate surface area is 127 Å². The van der Waals surface area contributed by atoms with E-state index in [-0.39, 0.29) is 0 Å². The molecule has 0 heterocycles. The summed E-state index contributed by atoms with van der Waals surface area (Å²) in [6, 6.07) is 10.2. The van der Waals surface area contributed by atoms with Gasteiger partial charge in [0.2, 0.25) is 0 Å². The highest BCUT2D eigenvalue weighted by Gasteiger charge is 2.22. The van der Waals surface area contributed by atoms with E-state index in [1.54, 1.807) is 36.4 Å². The number of hydrogen-bond donors (Lipinski definition) is 1. The smallest absolute Gasteiger partial charge is 0.126 e. The molecule has 0 aliphatic carbocycles. The van der Waals surface area contributed by atoms with Crippen molar-refractivity contribution in [2.45, 2.75) is 6.10 Å². The number of hydrogen-bond acceptors (Lipinski definition) is 3. The lowest BCUT2D eigenvalue weighted by molar-refractivity contribution is 0.209. The van der Waals surface area contributed by atoms with Crippen molar-refractivity contribution in [3.63, 3.8) is 0 Å². The van der Waals surface area contributed by atoms with Gasteiger partial charge in [-0.25, -0.2) is 0 Å². The third-order valence-corrected chi connectivity index (χ3v) is 3.56. The van der Waals surface area contributed by atoms with Gasteiger partial charge >= 0.3 is 0 Å². The number of rotatable bonds is 4. The van der Waals surface area contributed by atoms with Gasteiger partial charge in [-0.05, 0) is 30.3 Å². The highest BCUT2D eigenvalue weighted by molar-refractivity contribution is 6.31. The first-order chi connectivity index (χ1) is 9.58. The van der Waals surface area contributed by atoms with Crippen LogP contribution in [0, 0.1) is 0 Å². The van der Waals surface area contributed by atoms with Crippen LogP contribution in [0.3, 0.4) is 0 Å². The van der Waals surface area contributed by atoms with Gasteiger partial charge in [0.25, 0.3) is 0 Å². The Balaban J connectivity index is 2.57. The molecule has 106 valence electrons. The molecule has 1 unspecified atom stereocenters. The fourth-order valence-corrected chi connectivity index (χ4v) is 2.48. The summed E-state index contributed by atoms with van der Waals surface area (Å²) in [5.41, 5.74) is 1.02. The molecule has 3 nitrogen and oxygen atoms in total. The maximum Gasteiger partial charge on any atom is 0.126 e. The highest BCUT2D eigenvalue weighted by atomic mass is 35.5. The summed E-state index contributed by atoms with van der Waals surface area (Å²) in [7, 11) is 3.06. The minimum atomic E-state index is -0.993. The van der Waals surface area contributed by atoms with Gasteiger partial charge in [0.1, 0.15) is 17.6 Å². The lowest BCUT2D eigenvalue weighted by Gasteiger charge is -2.19. The third-order valence-electron chi connectivity index (χ3n) is 2.99. The molecule has 0 aliphatic rings. The van der Waals surface area contributed by atoms with Crippen molar-refractivity contribution in [3.8, 4) is 11.5 Å². The van der Waals surface area contributed by atoms with Gasteiger partial charge in [0.15, 0.2) is 0 Å². The van der Waals surface area contributed by atoms with E-state index in [2.05, 4.69) is 0 Å². The van der Waals surface area contributed by atoms with Gasteiger partial charge in [0, 0.05) is 16.1 Å². The van der Waals surface area contributed by atoms with Gasteiger partial charge in [-0.3, -0.25) is 0 Å². The summed E-state index contributed by atoms with van der Waals surface area (Å²) in [5, 5.41) is 11.5. The zero-order valence-corrected chi connectivity index (χ0v) is 12.6. The average Bonchev–Trinajstić information content (AvgIpc) is 2.46. The van der Waals surface area contributed by atoms with E-state index in [1.165, 1.54) is 14.2 Å². The Morgan fingerprint density at radius 1 is 1.00 bits per heavy atom. The van der Waals surface area contributed by atoms with Crippen molar-refractivity contribution in [1.82, 2.24) is 0 Å². The first-order valence-electron chi connectivity index (χ1n) is 5.92. The molecule has 1 atom stereocenters. The normalized spacial score (nSPS) is 12.1. The molecular formula is C15H14Cl2O3. The van der Waals surface area contributed by atoms with Crippen molar-refractivity contribution in [1.29, 1.82) is 0 Å². The van der Waals surface area contributed by atoms with Crippen molar-refractivity contribution in [3.05, 3.63) is 57.6 Å². The van der Waals surface area contributed by atoms with Crippen LogP contribution in [0.1, 0.15) is 17.2 Å². The quantitative estimate of drug-likeness (QED) is 0.924. The van der Waals surface area contributed by atoms with E-state index in [4.69, 9.17) is 32.7 Å². The standard InChI is InChI=1S/C15H14Cl2O3/c1-19-12-7-6-9(16)8-10(12)15(18)14-11(17)4-3-5-13(14)20-2/h3-8,15,18H,1-2H3. The molecule has 0 aromatic heterocycles. The van der Waals surface area contributed by atoms with E-state index in [0.717, 1.165) is 0 Å². The molecule has 2 aromatic rings. The SMILES string of the molecule is COc1ccc(Cl)cc1C(O)c1c(Cl)cccc1OC. The van der Waals surface area contributed by atoms with Gasteiger partial charge in [-0.2, -0.15) is 0 Å². The van der Waals surface area contributed by atoms with Crippen LogP contribution >= 0.6 is 23.2 Å². The molecule has 0 radical (unpaired) electrons. The second-order valence-corrected chi connectivity index (χ2v) is 4.99. The molecule has 2 rings (SSSR count). The molecule has 1 N–H and O–H groups in total. The maximum absolute atomic E-state index is 10.6. The molecule has 0 spiro atoms. The Kier molecular flexibility index (Phi) is 4.76. The number of benzene rings is 2. The zero-order chi connectivity index (χ0) is 14.7. The van der Waals surface area contributed by atoms with Gasteiger partial charge in [-0.1, -0.05) is 29.3 Å². The fraction of sp³-hybridized carbons (Fsp3) is 0.200. The van der Waals surface area contributed by atoms with E-state index in [1.807, 2.05) is 0 Å². The molecule has 20 heavy (non-hydrogen) atoms. The van der Waals surface area contributed by atoms with E-state index >= 15 is 0 Å². The summed E-state index contributed by atoms with van der Waals surface area (Å²) in [5.74, 6) is 1.04. The number of methoxy groups -OCH3 is 2. The molecule has 0 amide bonds. The number of aliphatic hydroxyl groups excluding tert-OH is 1. The molecule has 0 fully saturated rings. The van der Waals surface area contributed by atoms with Crippen LogP contribution in [0.5, 0.6) is 11.5 Å². The summed E-state index contributed by atoms with van der Waals surface area (Å²) in [6.07, 6.45) is -0.993. The first kappa shape index (κ1) is 15.0. The van der Waals surface area contributed by atoms with Gasteiger partial charge < -0.3 is 14.6 Å². The Hall–Kier alpha value is -1.42. The Morgan fingerprint density at radius 2 is 1.70 bits per heavy atom. The average molecular weight is 313 g/mol. The van der Waals surface area contributed by atoms with Gasteiger partial charge in [-0.15, -0.1) is 0 Å². The fourth-order valence-electron chi connectivity index (χ4n) is 2.03. The van der Waals surface area contributed by atoms with Crippen LogP contribution in [0.15, 0.2) is 36.4 Å². The topological polar surface area (TPSA) is 38.7 Å². The predicted octanol–water partition coefficient (Wildman–Crippen LogP) is 4.09. The van der Waals surface area contributed by atoms with Crippen LogP contribution in [0.4, 0.5) is 0 Å². The van der Waals surface area contributed by atoms with Crippen molar-refractivity contribution < 1.29 is 14.6 Å². The van der Waals surface area contributed by atoms with Crippen molar-refractivity contribution in [2.24, 2.45) is 0 Å². The molecular weight excluding hydrogens is 299 g/mol. The van der Waals surface area contributed by atoms with Crippen LogP contribution in [-0.4, -0.2) is 19.3 Å². The molecule has 0 saturated heterocycles. The monoisotopic (exact) mass is 312 g/mol. The summed E-state index contributed by atoms with van der Waals surface area (Å²) in [4.78, 5) is 0. The molecule has 2 aromatic carbocycles. The maximum atomic E-state index is 10.6. The second kappa shape index (κ2) is 6.35. The van der Waals surface area contributed by atoms with Crippen LogP contribution in [-0.2, 0) is 0 Å².